The van der Waals surface area contributed by atoms with E-state index in [0.29, 0.717) is 12.8 Å². The van der Waals surface area contributed by atoms with Crippen LogP contribution in [0.2, 0.25) is 0 Å². The van der Waals surface area contributed by atoms with Gasteiger partial charge >= 0.3 is 5.97 Å². The van der Waals surface area contributed by atoms with E-state index in [1.54, 1.807) is 26.0 Å². The largest absolute Gasteiger partial charge is 0.481 e. The summed E-state index contributed by atoms with van der Waals surface area (Å²) >= 11 is 0. The van der Waals surface area contributed by atoms with Crippen LogP contribution in [0.1, 0.15) is 53.9 Å². The van der Waals surface area contributed by atoms with E-state index in [0.717, 1.165) is 0 Å². The third-order valence-corrected chi connectivity index (χ3v) is 4.90. The molecule has 0 aliphatic rings. The molecule has 0 radical (unpaired) electrons. The summed E-state index contributed by atoms with van der Waals surface area (Å²) in [5.41, 5.74) is 0. The minimum Gasteiger partial charge on any atom is -0.481 e. The van der Waals surface area contributed by atoms with E-state index in [9.17, 15) is 24.6 Å². The highest BCUT2D eigenvalue weighted by molar-refractivity contribution is 5.92. The zero-order valence-electron chi connectivity index (χ0n) is 17.0. The van der Waals surface area contributed by atoms with Gasteiger partial charge in [-0.25, -0.2) is 0 Å². The summed E-state index contributed by atoms with van der Waals surface area (Å²) in [6.45, 7) is 8.74. The van der Waals surface area contributed by atoms with Gasteiger partial charge in [0, 0.05) is 23.7 Å². The van der Waals surface area contributed by atoms with E-state index in [4.69, 9.17) is 5.11 Å². The minimum absolute atomic E-state index is 0.00327. The lowest BCUT2D eigenvalue weighted by Crippen LogP contribution is -2.32. The number of carbonyl (C=O) groups excluding carboxylic acids is 2. The summed E-state index contributed by atoms with van der Waals surface area (Å²) in [5, 5.41) is 28.2. The van der Waals surface area contributed by atoms with E-state index in [1.807, 2.05) is 19.9 Å². The molecule has 0 bridgehead atoms. The van der Waals surface area contributed by atoms with E-state index >= 15 is 0 Å². The van der Waals surface area contributed by atoms with Gasteiger partial charge in [0.25, 0.3) is 0 Å². The number of ketones is 2. The number of Topliss-reactive ketones (excluding diaryl/α,β-unsaturated/α-hetero) is 1. The molecule has 6 atom stereocenters. The fourth-order valence-electron chi connectivity index (χ4n) is 2.81. The summed E-state index contributed by atoms with van der Waals surface area (Å²) in [6, 6.07) is 0. The standard InChI is InChI=1S/C21H34O6/c1-6-17(22)13(2)9-7-8-10-18(23)14(3)11-15(4)21(27)16(5)19(24)12-20(25)26/h7-10,13-17,19,22,24H,6,11-12H2,1-5H3,(H,25,26)/b9-7+,10-8+/t13-,14+,15-,16-,17+,19-/m0/s1. The van der Waals surface area contributed by atoms with Crippen LogP contribution in [0.4, 0.5) is 0 Å². The zero-order valence-corrected chi connectivity index (χ0v) is 17.0. The number of hydrogen-bond acceptors (Lipinski definition) is 5. The fraction of sp³-hybridized carbons (Fsp3) is 0.667. The first-order chi connectivity index (χ1) is 12.5. The van der Waals surface area contributed by atoms with Crippen LogP contribution in [0.5, 0.6) is 0 Å². The van der Waals surface area contributed by atoms with Crippen molar-refractivity contribution >= 4 is 17.5 Å². The molecule has 0 aliphatic carbocycles. The first kappa shape index (κ1) is 25.2. The van der Waals surface area contributed by atoms with Crippen molar-refractivity contribution in [1.82, 2.24) is 0 Å². The summed E-state index contributed by atoms with van der Waals surface area (Å²) in [6.07, 6.45) is 5.53. The number of rotatable bonds is 13. The molecule has 27 heavy (non-hydrogen) atoms. The molecular formula is C21H34O6. The topological polar surface area (TPSA) is 112 Å². The Kier molecular flexibility index (Phi) is 11.7. The Morgan fingerprint density at radius 3 is 2.04 bits per heavy atom. The van der Waals surface area contributed by atoms with Crippen molar-refractivity contribution in [3.05, 3.63) is 24.3 Å². The number of hydrogen-bond donors (Lipinski definition) is 3. The molecule has 0 spiro atoms. The molecule has 154 valence electrons. The highest BCUT2D eigenvalue weighted by atomic mass is 16.4. The smallest absolute Gasteiger partial charge is 0.305 e. The predicted octanol–water partition coefficient (Wildman–Crippen LogP) is 2.78. The van der Waals surface area contributed by atoms with Crippen LogP contribution < -0.4 is 0 Å². The number of aliphatic hydroxyl groups excluding tert-OH is 2. The van der Waals surface area contributed by atoms with Crippen molar-refractivity contribution in [2.75, 3.05) is 0 Å². The van der Waals surface area contributed by atoms with Crippen molar-refractivity contribution in [2.24, 2.45) is 23.7 Å². The van der Waals surface area contributed by atoms with Gasteiger partial charge in [-0.2, -0.15) is 0 Å². The van der Waals surface area contributed by atoms with Gasteiger partial charge in [-0.05, 0) is 18.9 Å². The molecule has 0 aromatic heterocycles. The normalized spacial score (nSPS) is 18.8. The lowest BCUT2D eigenvalue weighted by atomic mass is 9.84. The maximum absolute atomic E-state index is 12.3. The highest BCUT2D eigenvalue weighted by Crippen LogP contribution is 2.20. The molecule has 0 rings (SSSR count). The van der Waals surface area contributed by atoms with Crippen molar-refractivity contribution in [3.63, 3.8) is 0 Å². The van der Waals surface area contributed by atoms with Gasteiger partial charge in [-0.15, -0.1) is 0 Å². The summed E-state index contributed by atoms with van der Waals surface area (Å²) in [4.78, 5) is 35.2. The quantitative estimate of drug-likeness (QED) is 0.334. The van der Waals surface area contributed by atoms with Crippen LogP contribution in [0.25, 0.3) is 0 Å². The molecule has 3 N–H and O–H groups in total. The molecule has 0 aliphatic heterocycles. The first-order valence-electron chi connectivity index (χ1n) is 9.51. The average Bonchev–Trinajstić information content (AvgIpc) is 2.61. The van der Waals surface area contributed by atoms with Gasteiger partial charge in [0.05, 0.1) is 18.6 Å². The Hall–Kier alpha value is -1.79. The Morgan fingerprint density at radius 1 is 0.926 bits per heavy atom. The number of allylic oxidation sites excluding steroid dienone is 3. The Bertz CT molecular complexity index is 551. The second-order valence-electron chi connectivity index (χ2n) is 7.38. The molecular weight excluding hydrogens is 348 g/mol. The minimum atomic E-state index is -1.23. The van der Waals surface area contributed by atoms with Crippen molar-refractivity contribution in [3.8, 4) is 0 Å². The second kappa shape index (κ2) is 12.6. The molecule has 0 fully saturated rings. The van der Waals surface area contributed by atoms with Gasteiger partial charge in [-0.1, -0.05) is 52.8 Å². The summed E-state index contributed by atoms with van der Waals surface area (Å²) in [5.74, 6) is -3.11. The molecule has 0 saturated heterocycles. The monoisotopic (exact) mass is 382 g/mol. The van der Waals surface area contributed by atoms with Gasteiger partial charge < -0.3 is 15.3 Å². The third kappa shape index (κ3) is 9.63. The maximum atomic E-state index is 12.3. The van der Waals surface area contributed by atoms with Crippen LogP contribution in [-0.4, -0.2) is 45.1 Å². The predicted molar refractivity (Wildman–Crippen MR) is 104 cm³/mol. The maximum Gasteiger partial charge on any atom is 0.305 e. The molecule has 6 nitrogen and oxygen atoms in total. The van der Waals surface area contributed by atoms with Gasteiger partial charge in [-0.3, -0.25) is 14.4 Å². The second-order valence-corrected chi connectivity index (χ2v) is 7.38. The number of aliphatic carboxylic acids is 1. The van der Waals surface area contributed by atoms with E-state index in [2.05, 4.69) is 0 Å². The molecule has 0 aromatic rings. The SMILES string of the molecule is CC[C@@H](O)[C@@H](C)/C=C/C=C/C(=O)[C@H](C)C[C@H](C)C(=O)[C@@H](C)[C@@H](O)CC(=O)O. The van der Waals surface area contributed by atoms with E-state index < -0.39 is 36.4 Å². The Labute approximate surface area is 162 Å². The third-order valence-electron chi connectivity index (χ3n) is 4.90. The fourth-order valence-corrected chi connectivity index (χ4v) is 2.81. The average molecular weight is 382 g/mol. The Balaban J connectivity index is 4.60. The van der Waals surface area contributed by atoms with Crippen molar-refractivity contribution in [2.45, 2.75) is 66.1 Å². The number of aliphatic hydroxyl groups is 2. The van der Waals surface area contributed by atoms with Crippen LogP contribution in [-0.2, 0) is 14.4 Å². The number of carboxylic acids is 1. The molecule has 0 heterocycles. The van der Waals surface area contributed by atoms with Crippen molar-refractivity contribution < 1.29 is 29.7 Å². The van der Waals surface area contributed by atoms with E-state index in [-0.39, 0.29) is 23.4 Å². The lowest BCUT2D eigenvalue weighted by Gasteiger charge is -2.21. The van der Waals surface area contributed by atoms with Gasteiger partial charge in [0.1, 0.15) is 5.78 Å². The van der Waals surface area contributed by atoms with Crippen LogP contribution in [0.15, 0.2) is 24.3 Å². The highest BCUT2D eigenvalue weighted by Gasteiger charge is 2.29. The number of carboxylic acid groups (broad SMARTS) is 1. The van der Waals surface area contributed by atoms with Crippen LogP contribution >= 0.6 is 0 Å². The van der Waals surface area contributed by atoms with E-state index in [1.165, 1.54) is 13.0 Å². The van der Waals surface area contributed by atoms with Gasteiger partial charge in [0.15, 0.2) is 5.78 Å². The van der Waals surface area contributed by atoms with Crippen LogP contribution in [0, 0.1) is 23.7 Å². The molecule has 0 amide bonds. The lowest BCUT2D eigenvalue weighted by molar-refractivity contribution is -0.141. The molecule has 6 heteroatoms. The van der Waals surface area contributed by atoms with Gasteiger partial charge in [0.2, 0.25) is 0 Å². The zero-order chi connectivity index (χ0) is 21.1. The van der Waals surface area contributed by atoms with Crippen molar-refractivity contribution in [1.29, 1.82) is 0 Å². The Morgan fingerprint density at radius 2 is 1.52 bits per heavy atom. The van der Waals surface area contributed by atoms with Crippen LogP contribution in [0.3, 0.4) is 0 Å². The molecule has 0 saturated carbocycles. The summed E-state index contributed by atoms with van der Waals surface area (Å²) < 4.78 is 0. The first-order valence-corrected chi connectivity index (χ1v) is 9.51. The molecule has 0 unspecified atom stereocenters. The molecule has 0 aromatic carbocycles. The summed E-state index contributed by atoms with van der Waals surface area (Å²) in [7, 11) is 0. The number of carbonyl (C=O) groups is 3.